The molecule has 2 N–H and O–H groups in total. The summed E-state index contributed by atoms with van der Waals surface area (Å²) in [6.45, 7) is 5.36. The standard InChI is InChI=1S/C20H27N3O/c1-15-17(16-6-2-3-7-18(16)22-15)14-19(24)21-11-10-20-8-4-12-23(20)13-5-9-20/h2-3,6-7,22H,4-5,8-14H2,1H3,(H,21,24). The molecule has 0 unspecified atom stereocenters. The van der Waals surface area contributed by atoms with Crippen molar-refractivity contribution in [3.63, 3.8) is 0 Å². The van der Waals surface area contributed by atoms with E-state index < -0.39 is 0 Å². The second-order valence-electron chi connectivity index (χ2n) is 7.47. The van der Waals surface area contributed by atoms with E-state index in [1.165, 1.54) is 44.2 Å². The number of benzene rings is 1. The number of hydrogen-bond donors (Lipinski definition) is 2. The predicted molar refractivity (Wildman–Crippen MR) is 97.1 cm³/mol. The largest absolute Gasteiger partial charge is 0.358 e. The average Bonchev–Trinajstić information content (AvgIpc) is 3.21. The molecule has 0 bridgehead atoms. The normalized spacial score (nSPS) is 19.7. The van der Waals surface area contributed by atoms with Gasteiger partial charge in [0, 0.05) is 28.7 Å². The van der Waals surface area contributed by atoms with Gasteiger partial charge in [-0.3, -0.25) is 9.69 Å². The number of rotatable bonds is 5. The summed E-state index contributed by atoms with van der Waals surface area (Å²) in [5.41, 5.74) is 3.74. The molecule has 4 rings (SSSR count). The Kier molecular flexibility index (Phi) is 4.09. The number of aryl methyl sites for hydroxylation is 1. The minimum absolute atomic E-state index is 0.141. The van der Waals surface area contributed by atoms with Crippen molar-refractivity contribution in [2.75, 3.05) is 19.6 Å². The number of carbonyl (C=O) groups is 1. The van der Waals surface area contributed by atoms with E-state index in [1.54, 1.807) is 0 Å². The van der Waals surface area contributed by atoms with E-state index >= 15 is 0 Å². The van der Waals surface area contributed by atoms with E-state index in [0.29, 0.717) is 12.0 Å². The molecule has 0 radical (unpaired) electrons. The number of hydrogen-bond acceptors (Lipinski definition) is 2. The fraction of sp³-hybridized carbons (Fsp3) is 0.550. The second-order valence-corrected chi connectivity index (χ2v) is 7.47. The molecule has 0 aliphatic carbocycles. The third kappa shape index (κ3) is 2.73. The zero-order valence-corrected chi connectivity index (χ0v) is 14.5. The summed E-state index contributed by atoms with van der Waals surface area (Å²) in [5, 5.41) is 4.34. The summed E-state index contributed by atoms with van der Waals surface area (Å²) in [5.74, 6) is 0.141. The molecule has 0 saturated carbocycles. The van der Waals surface area contributed by atoms with Crippen molar-refractivity contribution in [2.24, 2.45) is 0 Å². The average molecular weight is 325 g/mol. The molecule has 1 amide bonds. The molecule has 2 fully saturated rings. The predicted octanol–water partition coefficient (Wildman–Crippen LogP) is 3.15. The molecule has 1 aromatic carbocycles. The molecule has 24 heavy (non-hydrogen) atoms. The highest BCUT2D eigenvalue weighted by Gasteiger charge is 2.43. The molecule has 4 heteroatoms. The number of aromatic nitrogens is 1. The van der Waals surface area contributed by atoms with Crippen molar-refractivity contribution in [2.45, 2.75) is 51.0 Å². The minimum atomic E-state index is 0.141. The van der Waals surface area contributed by atoms with Crippen molar-refractivity contribution in [1.82, 2.24) is 15.2 Å². The maximum absolute atomic E-state index is 12.4. The zero-order valence-electron chi connectivity index (χ0n) is 14.5. The lowest BCUT2D eigenvalue weighted by molar-refractivity contribution is -0.120. The lowest BCUT2D eigenvalue weighted by atomic mass is 9.90. The second kappa shape index (κ2) is 6.25. The van der Waals surface area contributed by atoms with Crippen molar-refractivity contribution in [3.05, 3.63) is 35.5 Å². The summed E-state index contributed by atoms with van der Waals surface area (Å²) in [4.78, 5) is 18.5. The van der Waals surface area contributed by atoms with Gasteiger partial charge in [-0.25, -0.2) is 0 Å². The van der Waals surface area contributed by atoms with E-state index in [9.17, 15) is 4.79 Å². The number of H-pyrrole nitrogens is 1. The first kappa shape index (κ1) is 15.7. The Bertz CT molecular complexity index is 738. The first-order valence-electron chi connectivity index (χ1n) is 9.26. The highest BCUT2D eigenvalue weighted by Crippen LogP contribution is 2.40. The lowest BCUT2D eigenvalue weighted by Crippen LogP contribution is -2.41. The van der Waals surface area contributed by atoms with Crippen LogP contribution in [0.2, 0.25) is 0 Å². The first-order valence-corrected chi connectivity index (χ1v) is 9.26. The van der Waals surface area contributed by atoms with E-state index in [2.05, 4.69) is 34.3 Å². The topological polar surface area (TPSA) is 48.1 Å². The quantitative estimate of drug-likeness (QED) is 0.887. The van der Waals surface area contributed by atoms with Crippen LogP contribution in [-0.2, 0) is 11.2 Å². The smallest absolute Gasteiger partial charge is 0.224 e. The van der Waals surface area contributed by atoms with Crippen LogP contribution in [-0.4, -0.2) is 41.0 Å². The van der Waals surface area contributed by atoms with Crippen LogP contribution in [0.25, 0.3) is 10.9 Å². The molecule has 0 spiro atoms. The molecule has 2 saturated heterocycles. The van der Waals surface area contributed by atoms with Crippen LogP contribution in [0.3, 0.4) is 0 Å². The van der Waals surface area contributed by atoms with Gasteiger partial charge in [0.2, 0.25) is 5.91 Å². The molecule has 4 nitrogen and oxygen atoms in total. The summed E-state index contributed by atoms with van der Waals surface area (Å²) in [6, 6.07) is 8.22. The molecular formula is C20H27N3O. The summed E-state index contributed by atoms with van der Waals surface area (Å²) in [6.07, 6.45) is 6.83. The van der Waals surface area contributed by atoms with Gasteiger partial charge in [-0.2, -0.15) is 0 Å². The molecule has 1 aromatic heterocycles. The van der Waals surface area contributed by atoms with Gasteiger partial charge >= 0.3 is 0 Å². The molecule has 128 valence electrons. The number of nitrogens with one attached hydrogen (secondary N) is 2. The molecule has 2 aliphatic heterocycles. The number of fused-ring (bicyclic) bond motifs is 2. The van der Waals surface area contributed by atoms with Crippen LogP contribution >= 0.6 is 0 Å². The van der Waals surface area contributed by atoms with Gasteiger partial charge in [-0.05, 0) is 63.7 Å². The molecule has 2 aliphatic rings. The fourth-order valence-electron chi connectivity index (χ4n) is 4.85. The Morgan fingerprint density at radius 2 is 2.00 bits per heavy atom. The highest BCUT2D eigenvalue weighted by molar-refractivity contribution is 5.90. The minimum Gasteiger partial charge on any atom is -0.358 e. The number of nitrogens with zero attached hydrogens (tertiary/aromatic N) is 1. The van der Waals surface area contributed by atoms with E-state index in [1.807, 2.05) is 12.1 Å². The van der Waals surface area contributed by atoms with Gasteiger partial charge in [0.1, 0.15) is 0 Å². The van der Waals surface area contributed by atoms with E-state index in [4.69, 9.17) is 0 Å². The third-order valence-corrected chi connectivity index (χ3v) is 6.09. The fourth-order valence-corrected chi connectivity index (χ4v) is 4.85. The Hall–Kier alpha value is -1.81. The van der Waals surface area contributed by atoms with Gasteiger partial charge < -0.3 is 10.3 Å². The van der Waals surface area contributed by atoms with Gasteiger partial charge in [0.15, 0.2) is 0 Å². The zero-order chi connectivity index (χ0) is 16.6. The summed E-state index contributed by atoms with van der Waals surface area (Å²) < 4.78 is 0. The highest BCUT2D eigenvalue weighted by atomic mass is 16.1. The van der Waals surface area contributed by atoms with Crippen molar-refractivity contribution < 1.29 is 4.79 Å². The van der Waals surface area contributed by atoms with Gasteiger partial charge in [0.05, 0.1) is 6.42 Å². The lowest BCUT2D eigenvalue weighted by Gasteiger charge is -2.32. The Labute approximate surface area is 143 Å². The van der Waals surface area contributed by atoms with Crippen LogP contribution in [0.15, 0.2) is 24.3 Å². The van der Waals surface area contributed by atoms with Crippen LogP contribution in [0, 0.1) is 6.92 Å². The molecule has 0 atom stereocenters. The van der Waals surface area contributed by atoms with Crippen molar-refractivity contribution in [3.8, 4) is 0 Å². The number of amides is 1. The number of aromatic amines is 1. The van der Waals surface area contributed by atoms with Crippen LogP contribution < -0.4 is 5.32 Å². The van der Waals surface area contributed by atoms with Gasteiger partial charge in [-0.1, -0.05) is 18.2 Å². The van der Waals surface area contributed by atoms with Crippen molar-refractivity contribution in [1.29, 1.82) is 0 Å². The summed E-state index contributed by atoms with van der Waals surface area (Å²) in [7, 11) is 0. The molecule has 3 heterocycles. The SMILES string of the molecule is Cc1[nH]c2ccccc2c1CC(=O)NCCC12CCCN1CCC2. The number of para-hydroxylation sites is 1. The Morgan fingerprint density at radius 3 is 2.79 bits per heavy atom. The van der Waals surface area contributed by atoms with Gasteiger partial charge in [-0.15, -0.1) is 0 Å². The summed E-state index contributed by atoms with van der Waals surface area (Å²) >= 11 is 0. The monoisotopic (exact) mass is 325 g/mol. The Balaban J connectivity index is 1.36. The molecule has 2 aromatic rings. The van der Waals surface area contributed by atoms with E-state index in [0.717, 1.165) is 29.7 Å². The van der Waals surface area contributed by atoms with Gasteiger partial charge in [0.25, 0.3) is 0 Å². The first-order chi connectivity index (χ1) is 11.7. The maximum atomic E-state index is 12.4. The maximum Gasteiger partial charge on any atom is 0.224 e. The number of carbonyl (C=O) groups excluding carboxylic acids is 1. The van der Waals surface area contributed by atoms with Crippen LogP contribution in [0.5, 0.6) is 0 Å². The third-order valence-electron chi connectivity index (χ3n) is 6.09. The van der Waals surface area contributed by atoms with E-state index in [-0.39, 0.29) is 5.91 Å². The molecular weight excluding hydrogens is 298 g/mol. The van der Waals surface area contributed by atoms with Crippen LogP contribution in [0.4, 0.5) is 0 Å². The van der Waals surface area contributed by atoms with Crippen LogP contribution in [0.1, 0.15) is 43.4 Å². The Morgan fingerprint density at radius 1 is 1.25 bits per heavy atom. The van der Waals surface area contributed by atoms with Crippen molar-refractivity contribution >= 4 is 16.8 Å².